The molecule has 0 saturated heterocycles. The van der Waals surface area contributed by atoms with Gasteiger partial charge in [-0.05, 0) is 5.04 Å². The van der Waals surface area contributed by atoms with E-state index in [9.17, 15) is 12.9 Å². The molecule has 0 aliphatic rings. The SMILES string of the molecule is CC(C)(C)[Si](C)(C)C#C[B-](F)(F)F.[K+]. The van der Waals surface area contributed by atoms with Crippen LogP contribution in [0.3, 0.4) is 0 Å². The van der Waals surface area contributed by atoms with Gasteiger partial charge >= 0.3 is 58.4 Å². The first kappa shape index (κ1) is 17.7. The van der Waals surface area contributed by atoms with Gasteiger partial charge in [-0.15, -0.1) is 0 Å². The fourth-order valence-electron chi connectivity index (χ4n) is 0.450. The fourth-order valence-corrected chi connectivity index (χ4v) is 1.35. The van der Waals surface area contributed by atoms with Gasteiger partial charge in [0.1, 0.15) is 8.07 Å². The van der Waals surface area contributed by atoms with Crippen molar-refractivity contribution >= 4 is 15.1 Å². The molecule has 14 heavy (non-hydrogen) atoms. The van der Waals surface area contributed by atoms with Gasteiger partial charge in [-0.2, -0.15) is 5.54 Å². The van der Waals surface area contributed by atoms with Crippen molar-refractivity contribution in [1.29, 1.82) is 0 Å². The molecular formula is C8H15BF3KSi. The van der Waals surface area contributed by atoms with Gasteiger partial charge in [0.25, 0.3) is 0 Å². The molecule has 0 amide bonds. The Hall–Kier alpha value is 1.27. The quantitative estimate of drug-likeness (QED) is 0.429. The Bertz CT molecular complexity index is 244. The van der Waals surface area contributed by atoms with Crippen LogP contribution < -0.4 is 51.4 Å². The maximum absolute atomic E-state index is 11.9. The summed E-state index contributed by atoms with van der Waals surface area (Å²) in [5, 5.41) is -0.110. The average Bonchev–Trinajstić information content (AvgIpc) is 1.79. The minimum absolute atomic E-state index is 0. The van der Waals surface area contributed by atoms with Gasteiger partial charge < -0.3 is 12.9 Å². The molecule has 0 spiro atoms. The molecule has 0 aromatic heterocycles. The molecule has 0 atom stereocenters. The molecule has 0 bridgehead atoms. The number of hydrogen-bond donors (Lipinski definition) is 0. The van der Waals surface area contributed by atoms with Crippen LogP contribution in [0.4, 0.5) is 12.9 Å². The maximum atomic E-state index is 11.9. The number of halogens is 3. The summed E-state index contributed by atoms with van der Waals surface area (Å²) < 4.78 is 35.7. The first-order valence-corrected chi connectivity index (χ1v) is 7.19. The average molecular weight is 246 g/mol. The Morgan fingerprint density at radius 3 is 1.64 bits per heavy atom. The Morgan fingerprint density at radius 2 is 1.43 bits per heavy atom. The standard InChI is InChI=1S/C8H15BF3Si.K/c1-8(2,3)13(4,5)7-6-9(10,11)12;/h1-5H3;/q-1;+1. The van der Waals surface area contributed by atoms with E-state index in [-0.39, 0.29) is 56.4 Å². The van der Waals surface area contributed by atoms with Crippen molar-refractivity contribution in [1.82, 2.24) is 0 Å². The predicted molar refractivity (Wildman–Crippen MR) is 54.1 cm³/mol. The van der Waals surface area contributed by atoms with E-state index in [1.54, 1.807) is 0 Å². The van der Waals surface area contributed by atoms with E-state index in [0.29, 0.717) is 0 Å². The second-order valence-corrected chi connectivity index (χ2v) is 9.72. The summed E-state index contributed by atoms with van der Waals surface area (Å²) in [6.45, 7) is 4.61. The van der Waals surface area contributed by atoms with Crippen molar-refractivity contribution in [2.75, 3.05) is 0 Å². The van der Waals surface area contributed by atoms with E-state index in [0.717, 1.165) is 0 Å². The van der Waals surface area contributed by atoms with Gasteiger partial charge in [-0.3, -0.25) is 0 Å². The smallest absolute Gasteiger partial charge is 0.438 e. The topological polar surface area (TPSA) is 0 Å². The van der Waals surface area contributed by atoms with Crippen molar-refractivity contribution < 1.29 is 64.3 Å². The second kappa shape index (κ2) is 5.55. The maximum Gasteiger partial charge on any atom is 1.00 e. The minimum Gasteiger partial charge on any atom is -0.438 e. The van der Waals surface area contributed by atoms with E-state index in [1.165, 1.54) is 5.82 Å². The van der Waals surface area contributed by atoms with Crippen molar-refractivity contribution in [3.8, 4) is 11.4 Å². The third-order valence-electron chi connectivity index (χ3n) is 2.42. The first-order valence-electron chi connectivity index (χ1n) is 4.19. The van der Waals surface area contributed by atoms with Crippen molar-refractivity contribution in [3.05, 3.63) is 0 Å². The van der Waals surface area contributed by atoms with Crippen LogP contribution in [0, 0.1) is 11.4 Å². The molecule has 0 N–H and O–H groups in total. The molecule has 0 rings (SSSR count). The van der Waals surface area contributed by atoms with Gasteiger partial charge in [0.15, 0.2) is 0 Å². The van der Waals surface area contributed by atoms with Crippen LogP contribution in [0.25, 0.3) is 0 Å². The Balaban J connectivity index is 0. The summed E-state index contributed by atoms with van der Waals surface area (Å²) in [4.78, 5) is 0. The molecule has 0 nitrogen and oxygen atoms in total. The molecule has 0 saturated carbocycles. The molecule has 0 aliphatic heterocycles. The molecule has 0 aromatic carbocycles. The molecule has 0 aromatic rings. The zero-order valence-electron chi connectivity index (χ0n) is 9.71. The van der Waals surface area contributed by atoms with Crippen LogP contribution in [0.1, 0.15) is 20.8 Å². The normalized spacial score (nSPS) is 12.6. The first-order chi connectivity index (χ1) is 5.46. The molecule has 0 fully saturated rings. The molecule has 6 heteroatoms. The van der Waals surface area contributed by atoms with Crippen LogP contribution in [0.5, 0.6) is 0 Å². The summed E-state index contributed by atoms with van der Waals surface area (Å²) in [7, 11) is -2.08. The summed E-state index contributed by atoms with van der Waals surface area (Å²) in [5.41, 5.74) is 2.43. The minimum atomic E-state index is -4.95. The van der Waals surface area contributed by atoms with Crippen molar-refractivity contribution in [2.24, 2.45) is 0 Å². The monoisotopic (exact) mass is 246 g/mol. The van der Waals surface area contributed by atoms with E-state index < -0.39 is 15.1 Å². The summed E-state index contributed by atoms with van der Waals surface area (Å²) >= 11 is 0. The van der Waals surface area contributed by atoms with E-state index in [2.05, 4.69) is 5.54 Å². The van der Waals surface area contributed by atoms with Gasteiger partial charge in [0.2, 0.25) is 0 Å². The van der Waals surface area contributed by atoms with Crippen LogP contribution in [0.2, 0.25) is 18.1 Å². The number of hydrogen-bond acceptors (Lipinski definition) is 0. The van der Waals surface area contributed by atoms with Gasteiger partial charge in [0.05, 0.1) is 0 Å². The van der Waals surface area contributed by atoms with Crippen LogP contribution >= 0.6 is 0 Å². The van der Waals surface area contributed by atoms with Gasteiger partial charge in [-0.25, -0.2) is 5.82 Å². The van der Waals surface area contributed by atoms with E-state index >= 15 is 0 Å². The zero-order chi connectivity index (χ0) is 10.9. The second-order valence-electron chi connectivity index (χ2n) is 4.72. The van der Waals surface area contributed by atoms with Gasteiger partial charge in [0, 0.05) is 0 Å². The molecule has 76 valence electrons. The zero-order valence-corrected chi connectivity index (χ0v) is 13.8. The summed E-state index contributed by atoms with van der Waals surface area (Å²) in [5.74, 6) is 1.44. The largest absolute Gasteiger partial charge is 1.00 e. The Labute approximate surface area is 128 Å². The van der Waals surface area contributed by atoms with Gasteiger partial charge in [-0.1, -0.05) is 33.9 Å². The van der Waals surface area contributed by atoms with Crippen LogP contribution in [-0.2, 0) is 0 Å². The molecular weight excluding hydrogens is 231 g/mol. The van der Waals surface area contributed by atoms with E-state index in [1.807, 2.05) is 33.9 Å². The molecule has 0 radical (unpaired) electrons. The van der Waals surface area contributed by atoms with Crippen LogP contribution in [0.15, 0.2) is 0 Å². The van der Waals surface area contributed by atoms with Crippen molar-refractivity contribution in [3.63, 3.8) is 0 Å². The Morgan fingerprint density at radius 1 is 1.07 bits per heavy atom. The summed E-state index contributed by atoms with van der Waals surface area (Å²) in [6.07, 6.45) is 0. The van der Waals surface area contributed by atoms with Crippen molar-refractivity contribution in [2.45, 2.75) is 38.9 Å². The number of rotatable bonds is 0. The molecule has 0 unspecified atom stereocenters. The predicted octanol–water partition coefficient (Wildman–Crippen LogP) is 0.428. The van der Waals surface area contributed by atoms with E-state index in [4.69, 9.17) is 0 Å². The fraction of sp³-hybridized carbons (Fsp3) is 0.750. The third kappa shape index (κ3) is 6.70. The molecule has 0 heterocycles. The summed E-state index contributed by atoms with van der Waals surface area (Å²) in [6, 6.07) is 0. The Kier molecular flexibility index (Phi) is 7.00. The molecule has 0 aliphatic carbocycles. The van der Waals surface area contributed by atoms with Crippen LogP contribution in [-0.4, -0.2) is 15.1 Å². The third-order valence-corrected chi connectivity index (χ3v) is 6.94.